The topological polar surface area (TPSA) is 46.9 Å². The van der Waals surface area contributed by atoms with Gasteiger partial charge in [0.2, 0.25) is 0 Å². The van der Waals surface area contributed by atoms with Crippen molar-refractivity contribution in [3.05, 3.63) is 17.5 Å². The van der Waals surface area contributed by atoms with E-state index >= 15 is 0 Å². The van der Waals surface area contributed by atoms with E-state index in [9.17, 15) is 4.79 Å². The average Bonchev–Trinajstić information content (AvgIpc) is 2.85. The lowest BCUT2D eigenvalue weighted by Crippen LogP contribution is -2.34. The third-order valence-corrected chi connectivity index (χ3v) is 3.56. The molecule has 2 atom stereocenters. The Kier molecular flexibility index (Phi) is 3.50. The van der Waals surface area contributed by atoms with Crippen LogP contribution in [0.3, 0.4) is 0 Å². The molecule has 1 aromatic rings. The minimum absolute atomic E-state index is 0.0128. The summed E-state index contributed by atoms with van der Waals surface area (Å²) < 4.78 is 1.67. The molecule has 2 rings (SSSR count). The quantitative estimate of drug-likeness (QED) is 0.869. The van der Waals surface area contributed by atoms with E-state index in [1.807, 2.05) is 20.0 Å². The third kappa shape index (κ3) is 2.68. The summed E-state index contributed by atoms with van der Waals surface area (Å²) in [6, 6.07) is 2.23. The number of nitrogens with one attached hydrogen (secondary N) is 1. The Bertz CT molecular complexity index is 411. The molecule has 1 aliphatic rings. The van der Waals surface area contributed by atoms with E-state index in [1.165, 1.54) is 6.42 Å². The normalized spacial score (nSPS) is 23.9. The second-order valence-electron chi connectivity index (χ2n) is 5.09. The van der Waals surface area contributed by atoms with E-state index in [2.05, 4.69) is 17.3 Å². The first-order valence-electron chi connectivity index (χ1n) is 6.44. The number of nitrogens with zero attached hydrogens (tertiary/aromatic N) is 2. The molecular weight excluding hydrogens is 214 g/mol. The number of aromatic nitrogens is 2. The molecular formula is C13H21N3O. The van der Waals surface area contributed by atoms with Crippen LogP contribution in [-0.2, 0) is 13.5 Å². The van der Waals surface area contributed by atoms with Gasteiger partial charge in [-0.1, -0.05) is 13.8 Å². The first-order valence-corrected chi connectivity index (χ1v) is 6.44. The molecule has 1 saturated carbocycles. The van der Waals surface area contributed by atoms with Crippen molar-refractivity contribution in [2.24, 2.45) is 13.0 Å². The van der Waals surface area contributed by atoms with Crippen molar-refractivity contribution in [3.8, 4) is 0 Å². The molecule has 1 aromatic heterocycles. The molecule has 0 aromatic carbocycles. The molecule has 1 aliphatic carbocycles. The fraction of sp³-hybridized carbons (Fsp3) is 0.692. The second-order valence-corrected chi connectivity index (χ2v) is 5.09. The van der Waals surface area contributed by atoms with Gasteiger partial charge in [-0.25, -0.2) is 0 Å². The maximum Gasteiger partial charge on any atom is 0.269 e. The monoisotopic (exact) mass is 235 g/mol. The van der Waals surface area contributed by atoms with Crippen molar-refractivity contribution in [1.29, 1.82) is 0 Å². The first-order chi connectivity index (χ1) is 8.10. The van der Waals surface area contributed by atoms with Crippen LogP contribution in [0.15, 0.2) is 6.07 Å². The maximum atomic E-state index is 12.1. The maximum absolute atomic E-state index is 12.1. The van der Waals surface area contributed by atoms with Gasteiger partial charge < -0.3 is 5.32 Å². The van der Waals surface area contributed by atoms with E-state index in [-0.39, 0.29) is 5.91 Å². The fourth-order valence-electron chi connectivity index (χ4n) is 2.51. The van der Waals surface area contributed by atoms with E-state index in [0.717, 1.165) is 30.9 Å². The molecule has 4 nitrogen and oxygen atoms in total. The zero-order valence-corrected chi connectivity index (χ0v) is 10.9. The number of hydrogen-bond donors (Lipinski definition) is 1. The van der Waals surface area contributed by atoms with E-state index in [4.69, 9.17) is 0 Å². The average molecular weight is 235 g/mol. The summed E-state index contributed by atoms with van der Waals surface area (Å²) in [5.74, 6) is 0.747. The van der Waals surface area contributed by atoms with Crippen LogP contribution in [0.5, 0.6) is 0 Å². The van der Waals surface area contributed by atoms with Gasteiger partial charge in [-0.05, 0) is 37.7 Å². The summed E-state index contributed by atoms with van der Waals surface area (Å²) in [5.41, 5.74) is 1.64. The second kappa shape index (κ2) is 4.90. The Morgan fingerprint density at radius 2 is 2.35 bits per heavy atom. The van der Waals surface area contributed by atoms with Gasteiger partial charge in [-0.3, -0.25) is 9.48 Å². The zero-order valence-electron chi connectivity index (χ0n) is 10.9. The Morgan fingerprint density at radius 1 is 1.59 bits per heavy atom. The number of carbonyl (C=O) groups excluding carboxylic acids is 1. The van der Waals surface area contributed by atoms with Crippen molar-refractivity contribution in [1.82, 2.24) is 15.1 Å². The standard InChI is InChI=1S/C13H21N3O/c1-4-10-8-12(16(3)15-10)13(17)14-11-6-5-9(2)7-11/h8-9,11H,4-7H2,1-3H3,(H,14,17). The van der Waals surface area contributed by atoms with Crippen molar-refractivity contribution in [2.75, 3.05) is 0 Å². The Hall–Kier alpha value is -1.32. The molecule has 0 saturated heterocycles. The predicted octanol–water partition coefficient (Wildman–Crippen LogP) is 1.90. The number of amides is 1. The van der Waals surface area contributed by atoms with Crippen molar-refractivity contribution < 1.29 is 4.79 Å². The fourth-order valence-corrected chi connectivity index (χ4v) is 2.51. The molecule has 0 aliphatic heterocycles. The summed E-state index contributed by atoms with van der Waals surface area (Å²) in [5, 5.41) is 7.40. The minimum Gasteiger partial charge on any atom is -0.348 e. The van der Waals surface area contributed by atoms with Crippen LogP contribution in [-0.4, -0.2) is 21.7 Å². The van der Waals surface area contributed by atoms with Crippen LogP contribution in [0, 0.1) is 5.92 Å². The van der Waals surface area contributed by atoms with Gasteiger partial charge >= 0.3 is 0 Å². The number of rotatable bonds is 3. The predicted molar refractivity (Wildman–Crippen MR) is 66.9 cm³/mol. The van der Waals surface area contributed by atoms with E-state index in [0.29, 0.717) is 11.7 Å². The van der Waals surface area contributed by atoms with E-state index < -0.39 is 0 Å². The summed E-state index contributed by atoms with van der Waals surface area (Å²) in [4.78, 5) is 12.1. The van der Waals surface area contributed by atoms with Gasteiger partial charge in [-0.15, -0.1) is 0 Å². The molecule has 0 radical (unpaired) electrons. The number of aryl methyl sites for hydroxylation is 2. The van der Waals surface area contributed by atoms with E-state index in [1.54, 1.807) is 4.68 Å². The highest BCUT2D eigenvalue weighted by Gasteiger charge is 2.24. The molecule has 4 heteroatoms. The molecule has 1 N–H and O–H groups in total. The van der Waals surface area contributed by atoms with Gasteiger partial charge in [0.15, 0.2) is 0 Å². The first kappa shape index (κ1) is 12.1. The van der Waals surface area contributed by atoms with Crippen molar-refractivity contribution in [3.63, 3.8) is 0 Å². The molecule has 2 unspecified atom stereocenters. The molecule has 1 amide bonds. The lowest BCUT2D eigenvalue weighted by atomic mass is 10.1. The Labute approximate surface area is 102 Å². The highest BCUT2D eigenvalue weighted by molar-refractivity contribution is 5.92. The van der Waals surface area contributed by atoms with Crippen LogP contribution in [0.25, 0.3) is 0 Å². The van der Waals surface area contributed by atoms with Crippen LogP contribution in [0.4, 0.5) is 0 Å². The van der Waals surface area contributed by atoms with Crippen LogP contribution in [0.2, 0.25) is 0 Å². The van der Waals surface area contributed by atoms with Gasteiger partial charge in [-0.2, -0.15) is 5.10 Å². The third-order valence-electron chi connectivity index (χ3n) is 3.56. The van der Waals surface area contributed by atoms with Gasteiger partial charge in [0.05, 0.1) is 5.69 Å². The molecule has 17 heavy (non-hydrogen) atoms. The SMILES string of the molecule is CCc1cc(C(=O)NC2CCC(C)C2)n(C)n1. The molecule has 0 bridgehead atoms. The highest BCUT2D eigenvalue weighted by atomic mass is 16.2. The van der Waals surface area contributed by atoms with Gasteiger partial charge in [0.25, 0.3) is 5.91 Å². The summed E-state index contributed by atoms with van der Waals surface area (Å²) in [6.45, 7) is 4.29. The number of carbonyl (C=O) groups is 1. The lowest BCUT2D eigenvalue weighted by Gasteiger charge is -2.12. The largest absolute Gasteiger partial charge is 0.348 e. The summed E-state index contributed by atoms with van der Waals surface area (Å²) >= 11 is 0. The zero-order chi connectivity index (χ0) is 12.4. The van der Waals surface area contributed by atoms with Crippen LogP contribution in [0.1, 0.15) is 49.3 Å². The summed E-state index contributed by atoms with van der Waals surface area (Å²) in [6.07, 6.45) is 4.29. The Balaban J connectivity index is 2.01. The molecule has 1 fully saturated rings. The number of hydrogen-bond acceptors (Lipinski definition) is 2. The smallest absolute Gasteiger partial charge is 0.269 e. The molecule has 0 spiro atoms. The van der Waals surface area contributed by atoms with Crippen LogP contribution < -0.4 is 5.32 Å². The minimum atomic E-state index is 0.0128. The highest BCUT2D eigenvalue weighted by Crippen LogP contribution is 2.24. The lowest BCUT2D eigenvalue weighted by molar-refractivity contribution is 0.0928. The van der Waals surface area contributed by atoms with Gasteiger partial charge in [0.1, 0.15) is 5.69 Å². The van der Waals surface area contributed by atoms with Crippen molar-refractivity contribution >= 4 is 5.91 Å². The van der Waals surface area contributed by atoms with Crippen molar-refractivity contribution in [2.45, 2.75) is 45.6 Å². The Morgan fingerprint density at radius 3 is 2.88 bits per heavy atom. The molecule has 94 valence electrons. The van der Waals surface area contributed by atoms with Crippen LogP contribution >= 0.6 is 0 Å². The molecule has 1 heterocycles. The van der Waals surface area contributed by atoms with Gasteiger partial charge in [0, 0.05) is 13.1 Å². The summed E-state index contributed by atoms with van der Waals surface area (Å²) in [7, 11) is 1.82.